The Balaban J connectivity index is 1.22. The standard InChI is InChI=1S/C51H49N5O8S/c57-46-32-64-39-24-20-36(21-25-39)29-43(49(60)56-45(51(62)63)30-34-13-6-2-7-14-34)54-47(58)41(27-33-11-4-1-5-12-33)53-48(59)42(55-50(61)44(52-46)31-40-17-10-26-65-40)28-35-18-22-38(23-19-35)37-15-8-3-9-16-37/h1-26,41-45H,27-32H2,(H,52,57)(H,53,59)(H,54,58)(H,55,61)(H,56,60)(H,62,63). The molecule has 0 spiro atoms. The van der Waals surface area contributed by atoms with Crippen molar-refractivity contribution in [1.82, 2.24) is 26.6 Å². The number of carboxylic acids is 1. The molecule has 0 saturated heterocycles. The number of nitrogens with one attached hydrogen (secondary N) is 5. The molecule has 5 amide bonds. The maximum Gasteiger partial charge on any atom is 0.326 e. The number of carboxylic acid groups (broad SMARTS) is 1. The molecule has 2 aliphatic rings. The third-order valence-electron chi connectivity index (χ3n) is 10.9. The predicted octanol–water partition coefficient (Wildman–Crippen LogP) is 4.83. The van der Waals surface area contributed by atoms with Crippen LogP contribution < -0.4 is 31.3 Å². The zero-order valence-corrected chi connectivity index (χ0v) is 36.2. The highest BCUT2D eigenvalue weighted by Gasteiger charge is 2.33. The van der Waals surface area contributed by atoms with Crippen molar-refractivity contribution in [2.75, 3.05) is 6.61 Å². The fraction of sp³-hybridized carbons (Fsp3) is 0.216. The number of rotatable bonds is 12. The molecule has 0 aliphatic carbocycles. The molecule has 0 radical (unpaired) electrons. The molecule has 14 heteroatoms. The topological polar surface area (TPSA) is 192 Å². The van der Waals surface area contributed by atoms with Gasteiger partial charge in [-0.05, 0) is 57.0 Å². The van der Waals surface area contributed by atoms with Gasteiger partial charge in [0.2, 0.25) is 23.6 Å². The fourth-order valence-electron chi connectivity index (χ4n) is 7.50. The van der Waals surface area contributed by atoms with Crippen molar-refractivity contribution >= 4 is 46.8 Å². The minimum Gasteiger partial charge on any atom is -0.484 e. The van der Waals surface area contributed by atoms with Crippen LogP contribution in [0.3, 0.4) is 0 Å². The summed E-state index contributed by atoms with van der Waals surface area (Å²) in [6.07, 6.45) is 0.0933. The van der Waals surface area contributed by atoms with Gasteiger partial charge in [0.25, 0.3) is 5.91 Å². The number of hydrogen-bond acceptors (Lipinski definition) is 8. The van der Waals surface area contributed by atoms with Crippen molar-refractivity contribution in [3.05, 3.63) is 184 Å². The lowest BCUT2D eigenvalue weighted by atomic mass is 9.99. The molecule has 3 heterocycles. The van der Waals surface area contributed by atoms with Crippen molar-refractivity contribution < 1.29 is 38.6 Å². The van der Waals surface area contributed by atoms with E-state index in [1.807, 2.05) is 78.2 Å². The van der Waals surface area contributed by atoms with Gasteiger partial charge in [0.05, 0.1) is 0 Å². The summed E-state index contributed by atoms with van der Waals surface area (Å²) in [7, 11) is 0. The maximum atomic E-state index is 14.7. The second-order valence-corrected chi connectivity index (χ2v) is 16.8. The third-order valence-corrected chi connectivity index (χ3v) is 11.8. The van der Waals surface area contributed by atoms with Crippen LogP contribution in [0.4, 0.5) is 0 Å². The monoisotopic (exact) mass is 891 g/mol. The molecule has 6 aromatic rings. The van der Waals surface area contributed by atoms with Crippen LogP contribution in [0.5, 0.6) is 5.75 Å². The zero-order valence-electron chi connectivity index (χ0n) is 35.4. The molecule has 2 bridgehead atoms. The Hall–Kier alpha value is -7.58. The van der Waals surface area contributed by atoms with Crippen molar-refractivity contribution in [2.45, 2.75) is 62.3 Å². The fourth-order valence-corrected chi connectivity index (χ4v) is 8.25. The van der Waals surface area contributed by atoms with E-state index in [0.717, 1.165) is 16.0 Å². The summed E-state index contributed by atoms with van der Waals surface area (Å²) in [5.41, 5.74) is 4.64. The summed E-state index contributed by atoms with van der Waals surface area (Å²) < 4.78 is 5.79. The molecule has 65 heavy (non-hydrogen) atoms. The zero-order chi connectivity index (χ0) is 45.5. The average molecular weight is 892 g/mol. The minimum absolute atomic E-state index is 0.00798. The number of fused-ring (bicyclic) bond motifs is 16. The molecule has 2 aliphatic heterocycles. The van der Waals surface area contributed by atoms with Gasteiger partial charge in [-0.3, -0.25) is 24.0 Å². The Kier molecular flexibility index (Phi) is 15.5. The van der Waals surface area contributed by atoms with E-state index in [4.69, 9.17) is 4.74 Å². The molecule has 6 N–H and O–H groups in total. The Morgan fingerprint density at radius 1 is 0.600 bits per heavy atom. The van der Waals surface area contributed by atoms with Crippen LogP contribution in [0.2, 0.25) is 0 Å². The van der Waals surface area contributed by atoms with Crippen molar-refractivity contribution in [3.63, 3.8) is 0 Å². The first-order valence-electron chi connectivity index (χ1n) is 21.3. The van der Waals surface area contributed by atoms with Gasteiger partial charge in [-0.25, -0.2) is 4.79 Å². The van der Waals surface area contributed by atoms with Crippen LogP contribution in [0.25, 0.3) is 11.1 Å². The molecule has 0 fully saturated rings. The lowest BCUT2D eigenvalue weighted by molar-refractivity contribution is -0.142. The summed E-state index contributed by atoms with van der Waals surface area (Å²) >= 11 is 1.42. The van der Waals surface area contributed by atoms with E-state index in [-0.39, 0.29) is 32.1 Å². The average Bonchev–Trinajstić information content (AvgIpc) is 3.84. The molecule has 332 valence electrons. The number of thiophene rings is 1. The summed E-state index contributed by atoms with van der Waals surface area (Å²) in [5, 5.41) is 26.0. The van der Waals surface area contributed by atoms with Crippen LogP contribution in [0.1, 0.15) is 27.1 Å². The summed E-state index contributed by atoms with van der Waals surface area (Å²) in [4.78, 5) is 84.4. The van der Waals surface area contributed by atoms with Crippen LogP contribution in [0, 0.1) is 0 Å². The summed E-state index contributed by atoms with van der Waals surface area (Å²) in [6, 6.07) is 39.2. The molecular weight excluding hydrogens is 843 g/mol. The Bertz CT molecular complexity index is 2540. The normalized spacial score (nSPS) is 18.8. The molecule has 5 unspecified atom stereocenters. The number of amides is 5. The van der Waals surface area contributed by atoms with Gasteiger partial charge in [-0.15, -0.1) is 11.3 Å². The highest BCUT2D eigenvalue weighted by Crippen LogP contribution is 2.21. The second-order valence-electron chi connectivity index (χ2n) is 15.8. The molecule has 1 aromatic heterocycles. The van der Waals surface area contributed by atoms with Crippen molar-refractivity contribution in [3.8, 4) is 16.9 Å². The SMILES string of the molecule is O=C1COc2ccc(cc2)CC(C(=O)NC(Cc2ccccc2)C(=O)O)NC(=O)C(Cc2ccccc2)NC(=O)C(Cc2ccc(-c3ccccc3)cc2)NC(=O)C(Cc2cccs2)N1. The number of carbonyl (C=O) groups excluding carboxylic acids is 5. The maximum absolute atomic E-state index is 14.7. The molecule has 5 aromatic carbocycles. The predicted molar refractivity (Wildman–Crippen MR) is 247 cm³/mol. The van der Waals surface area contributed by atoms with Gasteiger partial charge in [0, 0.05) is 37.0 Å². The number of carbonyl (C=O) groups is 6. The molecular formula is C51H49N5O8S. The lowest BCUT2D eigenvalue weighted by Crippen LogP contribution is -2.60. The highest BCUT2D eigenvalue weighted by molar-refractivity contribution is 7.09. The molecule has 8 rings (SSSR count). The van der Waals surface area contributed by atoms with Gasteiger partial charge >= 0.3 is 5.97 Å². The van der Waals surface area contributed by atoms with Crippen LogP contribution in [0.15, 0.2) is 157 Å². The summed E-state index contributed by atoms with van der Waals surface area (Å²) in [5.74, 6) is -4.28. The third kappa shape index (κ3) is 13.2. The smallest absolute Gasteiger partial charge is 0.326 e. The van der Waals surface area contributed by atoms with E-state index in [1.165, 1.54) is 11.3 Å². The number of benzene rings is 5. The van der Waals surface area contributed by atoms with E-state index in [1.54, 1.807) is 78.9 Å². The van der Waals surface area contributed by atoms with Gasteiger partial charge in [0.1, 0.15) is 36.0 Å². The van der Waals surface area contributed by atoms with Gasteiger partial charge in [-0.2, -0.15) is 0 Å². The van der Waals surface area contributed by atoms with Gasteiger partial charge in [0.15, 0.2) is 6.61 Å². The van der Waals surface area contributed by atoms with E-state index in [2.05, 4.69) is 26.6 Å². The number of hydrogen-bond donors (Lipinski definition) is 6. The number of ether oxygens (including phenoxy) is 1. The molecule has 13 nitrogen and oxygen atoms in total. The van der Waals surface area contributed by atoms with Crippen LogP contribution >= 0.6 is 11.3 Å². The van der Waals surface area contributed by atoms with Crippen LogP contribution in [-0.2, 0) is 60.9 Å². The Morgan fingerprint density at radius 2 is 1.14 bits per heavy atom. The van der Waals surface area contributed by atoms with E-state index >= 15 is 0 Å². The second kappa shape index (κ2) is 22.2. The largest absolute Gasteiger partial charge is 0.484 e. The highest BCUT2D eigenvalue weighted by atomic mass is 32.1. The quantitative estimate of drug-likeness (QED) is 0.0942. The first-order valence-corrected chi connectivity index (χ1v) is 22.1. The first kappa shape index (κ1) is 45.4. The van der Waals surface area contributed by atoms with Crippen LogP contribution in [-0.4, -0.2) is 77.4 Å². The van der Waals surface area contributed by atoms with E-state index in [9.17, 15) is 33.9 Å². The summed E-state index contributed by atoms with van der Waals surface area (Å²) in [6.45, 7) is -0.425. The minimum atomic E-state index is -1.32. The molecule has 5 atom stereocenters. The Morgan fingerprint density at radius 3 is 1.72 bits per heavy atom. The van der Waals surface area contributed by atoms with E-state index < -0.39 is 72.3 Å². The van der Waals surface area contributed by atoms with Crippen molar-refractivity contribution in [1.29, 1.82) is 0 Å². The van der Waals surface area contributed by atoms with Gasteiger partial charge in [-0.1, -0.05) is 133 Å². The van der Waals surface area contributed by atoms with E-state index in [0.29, 0.717) is 28.0 Å². The Labute approximate surface area is 380 Å². The molecule has 0 saturated carbocycles. The van der Waals surface area contributed by atoms with Crippen molar-refractivity contribution in [2.24, 2.45) is 0 Å². The van der Waals surface area contributed by atoms with Gasteiger partial charge < -0.3 is 36.4 Å². The lowest BCUT2D eigenvalue weighted by Gasteiger charge is -2.27. The number of aliphatic carboxylic acids is 1. The first-order chi connectivity index (χ1) is 31.6.